The second kappa shape index (κ2) is 7.77. The molecule has 0 spiro atoms. The van der Waals surface area contributed by atoms with Crippen LogP contribution in [0, 0.1) is 0 Å². The molecule has 0 radical (unpaired) electrons. The van der Waals surface area contributed by atoms with Crippen LogP contribution in [0.5, 0.6) is 0 Å². The molecular formula is C19H17ClN4O4. The highest BCUT2D eigenvalue weighted by Crippen LogP contribution is 2.21. The highest BCUT2D eigenvalue weighted by atomic mass is 35.5. The van der Waals surface area contributed by atoms with Crippen LogP contribution in [0.25, 0.3) is 0 Å². The number of benzene rings is 1. The van der Waals surface area contributed by atoms with Crippen LogP contribution in [0.1, 0.15) is 21.0 Å². The van der Waals surface area contributed by atoms with Crippen molar-refractivity contribution in [1.29, 1.82) is 0 Å². The first-order valence-corrected chi connectivity index (χ1v) is 9.08. The number of anilines is 2. The summed E-state index contributed by atoms with van der Waals surface area (Å²) in [6, 6.07) is 10.7. The maximum Gasteiger partial charge on any atom is 0.302 e. The molecule has 2 amide bonds. The van der Waals surface area contributed by atoms with E-state index in [4.69, 9.17) is 20.4 Å². The van der Waals surface area contributed by atoms with Crippen LogP contribution < -0.4 is 10.2 Å². The summed E-state index contributed by atoms with van der Waals surface area (Å²) in [5, 5.41) is 3.14. The molecule has 0 aliphatic carbocycles. The number of furan rings is 1. The number of amides is 2. The summed E-state index contributed by atoms with van der Waals surface area (Å²) < 4.78 is 10.2. The van der Waals surface area contributed by atoms with E-state index in [1.165, 1.54) is 18.6 Å². The molecule has 0 unspecified atom stereocenters. The Balaban J connectivity index is 1.35. The minimum atomic E-state index is -0.499. The lowest BCUT2D eigenvalue weighted by atomic mass is 10.2. The van der Waals surface area contributed by atoms with Crippen LogP contribution in [-0.4, -0.2) is 47.9 Å². The van der Waals surface area contributed by atoms with E-state index in [1.807, 2.05) is 24.3 Å². The Morgan fingerprint density at radius 1 is 1.07 bits per heavy atom. The van der Waals surface area contributed by atoms with Gasteiger partial charge in [-0.25, -0.2) is 0 Å². The van der Waals surface area contributed by atoms with E-state index in [-0.39, 0.29) is 23.4 Å². The Labute approximate surface area is 165 Å². The summed E-state index contributed by atoms with van der Waals surface area (Å²) in [6.45, 7) is 2.47. The van der Waals surface area contributed by atoms with Gasteiger partial charge in [-0.1, -0.05) is 17.7 Å². The van der Waals surface area contributed by atoms with E-state index in [0.29, 0.717) is 31.2 Å². The van der Waals surface area contributed by atoms with Crippen molar-refractivity contribution in [3.63, 3.8) is 0 Å². The Morgan fingerprint density at radius 3 is 2.61 bits per heavy atom. The molecule has 9 heteroatoms. The topological polar surface area (TPSA) is 91.8 Å². The predicted molar refractivity (Wildman–Crippen MR) is 103 cm³/mol. The Hall–Kier alpha value is -3.26. The molecule has 1 aromatic carbocycles. The Bertz CT molecular complexity index is 978. The van der Waals surface area contributed by atoms with Gasteiger partial charge >= 0.3 is 6.01 Å². The third-order valence-corrected chi connectivity index (χ3v) is 4.66. The fraction of sp³-hybridized carbons (Fsp3) is 0.211. The van der Waals surface area contributed by atoms with Crippen LogP contribution in [-0.2, 0) is 0 Å². The lowest BCUT2D eigenvalue weighted by Crippen LogP contribution is -2.48. The summed E-state index contributed by atoms with van der Waals surface area (Å²) in [5.74, 6) is -0.614. The summed E-state index contributed by atoms with van der Waals surface area (Å²) in [7, 11) is 0. The number of aromatic nitrogens is 1. The monoisotopic (exact) mass is 400 g/mol. The number of nitrogens with one attached hydrogen (secondary N) is 1. The highest BCUT2D eigenvalue weighted by molar-refractivity contribution is 6.30. The Kier molecular flexibility index (Phi) is 5.03. The molecule has 1 aliphatic heterocycles. The third kappa shape index (κ3) is 3.86. The zero-order valence-corrected chi connectivity index (χ0v) is 15.6. The molecule has 1 saturated heterocycles. The minimum Gasteiger partial charge on any atom is -0.459 e. The number of nitrogens with zero attached hydrogens (tertiary/aromatic N) is 3. The second-order valence-electron chi connectivity index (χ2n) is 6.23. The van der Waals surface area contributed by atoms with Crippen LogP contribution in [0.15, 0.2) is 57.8 Å². The van der Waals surface area contributed by atoms with Gasteiger partial charge in [-0.15, -0.1) is 0 Å². The van der Waals surface area contributed by atoms with Crippen molar-refractivity contribution in [3.8, 4) is 0 Å². The maximum atomic E-state index is 12.7. The van der Waals surface area contributed by atoms with Gasteiger partial charge in [-0.3, -0.25) is 14.9 Å². The first-order chi connectivity index (χ1) is 13.6. The van der Waals surface area contributed by atoms with E-state index < -0.39 is 5.91 Å². The molecule has 3 aromatic rings. The van der Waals surface area contributed by atoms with Crippen molar-refractivity contribution < 1.29 is 18.4 Å². The van der Waals surface area contributed by atoms with Crippen molar-refractivity contribution in [2.75, 3.05) is 36.4 Å². The summed E-state index contributed by atoms with van der Waals surface area (Å²) in [6.07, 6.45) is 2.63. The molecule has 2 aromatic heterocycles. The zero-order valence-electron chi connectivity index (χ0n) is 14.8. The number of oxazole rings is 1. The van der Waals surface area contributed by atoms with Crippen molar-refractivity contribution in [2.45, 2.75) is 0 Å². The molecule has 0 saturated carbocycles. The van der Waals surface area contributed by atoms with E-state index in [0.717, 1.165) is 5.69 Å². The predicted octanol–water partition coefficient (Wildman–Crippen LogP) is 3.14. The van der Waals surface area contributed by atoms with E-state index in [2.05, 4.69) is 15.2 Å². The standard InChI is InChI=1S/C19H17ClN4O4/c20-13-3-1-4-14(11-13)23-6-8-24(9-7-23)18(26)15-12-28-19(21-15)22-17(25)16-5-2-10-27-16/h1-5,10-12H,6-9H2,(H,21,22,25). The normalized spacial score (nSPS) is 14.2. The molecule has 0 atom stereocenters. The van der Waals surface area contributed by atoms with Crippen molar-refractivity contribution in [2.24, 2.45) is 0 Å². The molecule has 3 heterocycles. The van der Waals surface area contributed by atoms with Gasteiger partial charge in [-0.2, -0.15) is 4.98 Å². The number of carbonyl (C=O) groups excluding carboxylic acids is 2. The van der Waals surface area contributed by atoms with Gasteiger partial charge < -0.3 is 18.6 Å². The van der Waals surface area contributed by atoms with Gasteiger partial charge in [0, 0.05) is 36.9 Å². The molecular weight excluding hydrogens is 384 g/mol. The average molecular weight is 401 g/mol. The number of carbonyl (C=O) groups is 2. The molecule has 8 nitrogen and oxygen atoms in total. The van der Waals surface area contributed by atoms with Crippen molar-refractivity contribution in [3.05, 3.63) is 65.4 Å². The SMILES string of the molecule is O=C(Nc1nc(C(=O)N2CCN(c3cccc(Cl)c3)CC2)co1)c1ccco1. The average Bonchev–Trinajstić information content (AvgIpc) is 3.40. The number of hydrogen-bond donors (Lipinski definition) is 1. The summed E-state index contributed by atoms with van der Waals surface area (Å²) in [5.41, 5.74) is 1.18. The van der Waals surface area contributed by atoms with Gasteiger partial charge in [0.15, 0.2) is 11.5 Å². The number of halogens is 1. The zero-order chi connectivity index (χ0) is 19.5. The molecule has 1 N–H and O–H groups in total. The first kappa shape index (κ1) is 18.1. The van der Waals surface area contributed by atoms with Crippen molar-refractivity contribution >= 4 is 35.1 Å². The second-order valence-corrected chi connectivity index (χ2v) is 6.66. The van der Waals surface area contributed by atoms with Crippen LogP contribution in [0.4, 0.5) is 11.7 Å². The van der Waals surface area contributed by atoms with Gasteiger partial charge in [0.1, 0.15) is 6.26 Å². The lowest BCUT2D eigenvalue weighted by Gasteiger charge is -2.35. The summed E-state index contributed by atoms with van der Waals surface area (Å²) in [4.78, 5) is 32.5. The molecule has 144 valence electrons. The molecule has 4 rings (SSSR count). The lowest BCUT2D eigenvalue weighted by molar-refractivity contribution is 0.0740. The quantitative estimate of drug-likeness (QED) is 0.723. The fourth-order valence-corrected chi connectivity index (χ4v) is 3.18. The fourth-order valence-electron chi connectivity index (χ4n) is 3.00. The first-order valence-electron chi connectivity index (χ1n) is 8.70. The highest BCUT2D eigenvalue weighted by Gasteiger charge is 2.25. The summed E-state index contributed by atoms with van der Waals surface area (Å²) >= 11 is 6.05. The molecule has 28 heavy (non-hydrogen) atoms. The minimum absolute atomic E-state index is 0.0534. The maximum absolute atomic E-state index is 12.7. The Morgan fingerprint density at radius 2 is 1.89 bits per heavy atom. The van der Waals surface area contributed by atoms with Gasteiger partial charge in [0.2, 0.25) is 0 Å². The van der Waals surface area contributed by atoms with Gasteiger partial charge in [0.05, 0.1) is 6.26 Å². The van der Waals surface area contributed by atoms with Crippen molar-refractivity contribution in [1.82, 2.24) is 9.88 Å². The number of piperazine rings is 1. The van der Waals surface area contributed by atoms with Gasteiger partial charge in [-0.05, 0) is 30.3 Å². The van der Waals surface area contributed by atoms with Gasteiger partial charge in [0.25, 0.3) is 11.8 Å². The molecule has 1 fully saturated rings. The molecule has 1 aliphatic rings. The van der Waals surface area contributed by atoms with Crippen LogP contribution in [0.2, 0.25) is 5.02 Å². The van der Waals surface area contributed by atoms with E-state index >= 15 is 0 Å². The van der Waals surface area contributed by atoms with Crippen LogP contribution >= 0.6 is 11.6 Å². The smallest absolute Gasteiger partial charge is 0.302 e. The van der Waals surface area contributed by atoms with E-state index in [9.17, 15) is 9.59 Å². The largest absolute Gasteiger partial charge is 0.459 e. The number of hydrogen-bond acceptors (Lipinski definition) is 6. The van der Waals surface area contributed by atoms with Crippen LogP contribution in [0.3, 0.4) is 0 Å². The van der Waals surface area contributed by atoms with E-state index in [1.54, 1.807) is 11.0 Å². The molecule has 0 bridgehead atoms. The third-order valence-electron chi connectivity index (χ3n) is 4.43. The number of rotatable bonds is 4.